The fourth-order valence-corrected chi connectivity index (χ4v) is 3.17. The summed E-state index contributed by atoms with van der Waals surface area (Å²) in [6, 6.07) is 13.6. The molecule has 8 nitrogen and oxygen atoms in total. The van der Waals surface area contributed by atoms with Crippen LogP contribution in [0.3, 0.4) is 0 Å². The summed E-state index contributed by atoms with van der Waals surface area (Å²) in [6.07, 6.45) is 5.56. The number of imidazole rings is 3. The molecule has 0 atom stereocenters. The van der Waals surface area contributed by atoms with E-state index < -0.39 is 0 Å². The third-order valence-corrected chi connectivity index (χ3v) is 4.50. The smallest absolute Gasteiger partial charge is 0.178 e. The van der Waals surface area contributed by atoms with E-state index in [-0.39, 0.29) is 0 Å². The third-order valence-electron chi connectivity index (χ3n) is 4.50. The first-order chi connectivity index (χ1) is 13.3. The van der Waals surface area contributed by atoms with Crippen molar-refractivity contribution in [2.24, 2.45) is 0 Å². The van der Waals surface area contributed by atoms with E-state index >= 15 is 0 Å². The fourth-order valence-electron chi connectivity index (χ4n) is 3.17. The van der Waals surface area contributed by atoms with Crippen LogP contribution in [-0.4, -0.2) is 39.3 Å². The quantitative estimate of drug-likeness (QED) is 0.498. The zero-order valence-electron chi connectivity index (χ0n) is 14.0. The lowest BCUT2D eigenvalue weighted by Gasteiger charge is -1.94. The molecule has 27 heavy (non-hydrogen) atoms. The van der Waals surface area contributed by atoms with Crippen molar-refractivity contribution in [3.63, 3.8) is 0 Å². The van der Waals surface area contributed by atoms with E-state index in [0.717, 1.165) is 33.8 Å². The second kappa shape index (κ2) is 5.21. The molecule has 128 valence electrons. The standard InChI is InChI=1S/C19H12N8/c1-2-8-27-9-15(22-16(27)3-1)11-4-6-14-18(23-11)26-19(25-14)13-7-5-12-17(24-13)21-10-20-12/h1-10H,(H,20,21,24)(H,23,25,26). The number of aromatic amines is 2. The predicted octanol–water partition coefficient (Wildman–Crippen LogP) is 3.21. The second-order valence-electron chi connectivity index (χ2n) is 6.22. The third kappa shape index (κ3) is 2.20. The summed E-state index contributed by atoms with van der Waals surface area (Å²) >= 11 is 0. The molecule has 0 aromatic carbocycles. The van der Waals surface area contributed by atoms with Gasteiger partial charge < -0.3 is 14.4 Å². The predicted molar refractivity (Wildman–Crippen MR) is 101 cm³/mol. The second-order valence-corrected chi connectivity index (χ2v) is 6.22. The summed E-state index contributed by atoms with van der Waals surface area (Å²) in [6.45, 7) is 0. The van der Waals surface area contributed by atoms with E-state index in [1.54, 1.807) is 6.33 Å². The summed E-state index contributed by atoms with van der Waals surface area (Å²) in [5, 5.41) is 0. The first-order valence-electron chi connectivity index (χ1n) is 8.45. The molecule has 0 fully saturated rings. The summed E-state index contributed by atoms with van der Waals surface area (Å²) in [7, 11) is 0. The molecular weight excluding hydrogens is 340 g/mol. The van der Waals surface area contributed by atoms with Crippen molar-refractivity contribution < 1.29 is 0 Å². The Kier molecular flexibility index (Phi) is 2.73. The Morgan fingerprint density at radius 2 is 1.63 bits per heavy atom. The van der Waals surface area contributed by atoms with Gasteiger partial charge in [0.25, 0.3) is 0 Å². The lowest BCUT2D eigenvalue weighted by atomic mass is 10.3. The molecule has 6 heterocycles. The van der Waals surface area contributed by atoms with Crippen LogP contribution in [0, 0.1) is 0 Å². The number of aromatic nitrogens is 8. The van der Waals surface area contributed by atoms with Gasteiger partial charge in [0.15, 0.2) is 17.1 Å². The number of fused-ring (bicyclic) bond motifs is 3. The molecule has 0 aliphatic heterocycles. The highest BCUT2D eigenvalue weighted by Crippen LogP contribution is 2.23. The lowest BCUT2D eigenvalue weighted by Crippen LogP contribution is -1.86. The molecule has 2 N–H and O–H groups in total. The fraction of sp³-hybridized carbons (Fsp3) is 0. The first-order valence-corrected chi connectivity index (χ1v) is 8.45. The number of H-pyrrole nitrogens is 2. The Morgan fingerprint density at radius 1 is 0.741 bits per heavy atom. The average Bonchev–Trinajstić information content (AvgIpc) is 3.42. The summed E-state index contributed by atoms with van der Waals surface area (Å²) in [5.41, 5.74) is 6.22. The van der Waals surface area contributed by atoms with Crippen LogP contribution in [0.1, 0.15) is 0 Å². The molecule has 6 aromatic rings. The van der Waals surface area contributed by atoms with Crippen LogP contribution in [0.2, 0.25) is 0 Å². The van der Waals surface area contributed by atoms with Crippen molar-refractivity contribution in [3.8, 4) is 22.9 Å². The monoisotopic (exact) mass is 352 g/mol. The SMILES string of the molecule is c1ccn2cc(-c3ccc4[nH]c(-c5ccc6[nH]cnc6n5)nc4n3)nc2c1. The van der Waals surface area contributed by atoms with Gasteiger partial charge in [-0.05, 0) is 36.4 Å². The number of hydrogen-bond donors (Lipinski definition) is 2. The van der Waals surface area contributed by atoms with Crippen molar-refractivity contribution in [2.45, 2.75) is 0 Å². The minimum Gasteiger partial charge on any atom is -0.343 e. The highest BCUT2D eigenvalue weighted by Gasteiger charge is 2.12. The molecule has 0 aliphatic rings. The van der Waals surface area contributed by atoms with E-state index in [1.807, 2.05) is 59.3 Å². The minimum absolute atomic E-state index is 0.628. The van der Waals surface area contributed by atoms with Gasteiger partial charge in [-0.15, -0.1) is 0 Å². The Labute approximate surface area is 152 Å². The van der Waals surface area contributed by atoms with E-state index in [9.17, 15) is 0 Å². The van der Waals surface area contributed by atoms with Crippen molar-refractivity contribution in [3.05, 3.63) is 61.2 Å². The van der Waals surface area contributed by atoms with Gasteiger partial charge in [-0.2, -0.15) is 0 Å². The van der Waals surface area contributed by atoms with Crippen LogP contribution in [0.5, 0.6) is 0 Å². The Hall–Kier alpha value is -4.07. The maximum Gasteiger partial charge on any atom is 0.178 e. The Bertz CT molecular complexity index is 1410. The zero-order valence-corrected chi connectivity index (χ0v) is 14.0. The summed E-state index contributed by atoms with van der Waals surface area (Å²) < 4.78 is 1.97. The summed E-state index contributed by atoms with van der Waals surface area (Å²) in [4.78, 5) is 28.9. The molecule has 6 rings (SSSR count). The van der Waals surface area contributed by atoms with Crippen LogP contribution >= 0.6 is 0 Å². The maximum atomic E-state index is 4.67. The highest BCUT2D eigenvalue weighted by atomic mass is 15.0. The van der Waals surface area contributed by atoms with Gasteiger partial charge in [0.05, 0.1) is 23.1 Å². The topological polar surface area (TPSA) is 100 Å². The molecule has 8 heteroatoms. The van der Waals surface area contributed by atoms with E-state index in [2.05, 4.69) is 34.9 Å². The van der Waals surface area contributed by atoms with Gasteiger partial charge in [-0.1, -0.05) is 6.07 Å². The number of hydrogen-bond acceptors (Lipinski definition) is 5. The molecule has 0 spiro atoms. The van der Waals surface area contributed by atoms with E-state index in [4.69, 9.17) is 0 Å². The van der Waals surface area contributed by atoms with Crippen LogP contribution in [0.25, 0.3) is 50.9 Å². The molecule has 0 saturated heterocycles. The Morgan fingerprint density at radius 3 is 2.59 bits per heavy atom. The van der Waals surface area contributed by atoms with Gasteiger partial charge in [0, 0.05) is 12.4 Å². The van der Waals surface area contributed by atoms with Crippen molar-refractivity contribution in [1.29, 1.82) is 0 Å². The first kappa shape index (κ1) is 14.1. The number of nitrogens with zero attached hydrogens (tertiary/aromatic N) is 6. The van der Waals surface area contributed by atoms with E-state index in [0.29, 0.717) is 17.1 Å². The van der Waals surface area contributed by atoms with Crippen molar-refractivity contribution in [1.82, 2.24) is 39.3 Å². The molecule has 0 amide bonds. The lowest BCUT2D eigenvalue weighted by molar-refractivity contribution is 1.19. The van der Waals surface area contributed by atoms with Gasteiger partial charge in [-0.25, -0.2) is 24.9 Å². The largest absolute Gasteiger partial charge is 0.343 e. The zero-order chi connectivity index (χ0) is 17.8. The maximum absolute atomic E-state index is 4.67. The Balaban J connectivity index is 1.46. The highest BCUT2D eigenvalue weighted by molar-refractivity contribution is 5.80. The average molecular weight is 352 g/mol. The van der Waals surface area contributed by atoms with Crippen molar-refractivity contribution in [2.75, 3.05) is 0 Å². The molecule has 0 unspecified atom stereocenters. The van der Waals surface area contributed by atoms with Crippen LogP contribution < -0.4 is 0 Å². The van der Waals surface area contributed by atoms with Crippen LogP contribution in [-0.2, 0) is 0 Å². The van der Waals surface area contributed by atoms with Gasteiger partial charge in [0.1, 0.15) is 17.0 Å². The molecule has 0 saturated carbocycles. The summed E-state index contributed by atoms with van der Waals surface area (Å²) in [5.74, 6) is 0.662. The van der Waals surface area contributed by atoms with Gasteiger partial charge >= 0.3 is 0 Å². The molecule has 6 aromatic heterocycles. The minimum atomic E-state index is 0.628. The molecule has 0 bridgehead atoms. The van der Waals surface area contributed by atoms with Crippen LogP contribution in [0.15, 0.2) is 61.2 Å². The molecule has 0 radical (unpaired) electrons. The molecule has 0 aliphatic carbocycles. The van der Waals surface area contributed by atoms with Gasteiger partial charge in [-0.3, -0.25) is 0 Å². The molecular formula is C19H12N8. The van der Waals surface area contributed by atoms with Gasteiger partial charge in [0.2, 0.25) is 0 Å². The number of nitrogens with one attached hydrogen (secondary N) is 2. The van der Waals surface area contributed by atoms with Crippen LogP contribution in [0.4, 0.5) is 0 Å². The number of pyridine rings is 3. The van der Waals surface area contributed by atoms with E-state index in [1.165, 1.54) is 0 Å². The normalized spacial score (nSPS) is 11.7. The van der Waals surface area contributed by atoms with Crippen molar-refractivity contribution >= 4 is 28.0 Å². The number of rotatable bonds is 2.